The molecule has 0 radical (unpaired) electrons. The van der Waals surface area contributed by atoms with Crippen molar-refractivity contribution in [2.75, 3.05) is 0 Å². The first-order valence-corrected chi connectivity index (χ1v) is 6.64. The van der Waals surface area contributed by atoms with Crippen LogP contribution in [0, 0.1) is 0 Å². The van der Waals surface area contributed by atoms with Crippen LogP contribution in [0.25, 0.3) is 0 Å². The third-order valence-electron chi connectivity index (χ3n) is 3.35. The molecule has 9 heteroatoms. The van der Waals surface area contributed by atoms with Gasteiger partial charge >= 0.3 is 17.9 Å². The number of aliphatic carboxylic acids is 3. The fourth-order valence-corrected chi connectivity index (χ4v) is 2.07. The molecule has 1 rings (SSSR count). The second kappa shape index (κ2) is 7.56. The summed E-state index contributed by atoms with van der Waals surface area (Å²) in [5.41, 5.74) is 11.1. The molecule has 0 heterocycles. The van der Waals surface area contributed by atoms with Gasteiger partial charge in [0.05, 0.1) is 5.92 Å². The lowest BCUT2D eigenvalue weighted by atomic mass is 9.89. The molecule has 8 N–H and O–H groups in total. The highest BCUT2D eigenvalue weighted by atomic mass is 16.4. The molecule has 23 heavy (non-hydrogen) atoms. The van der Waals surface area contributed by atoms with Gasteiger partial charge in [-0.25, -0.2) is 0 Å². The van der Waals surface area contributed by atoms with Gasteiger partial charge in [-0.1, -0.05) is 12.1 Å². The number of rotatable bonds is 8. The highest BCUT2D eigenvalue weighted by Gasteiger charge is 2.28. The minimum Gasteiger partial charge on any atom is -0.508 e. The summed E-state index contributed by atoms with van der Waals surface area (Å²) in [7, 11) is 0. The summed E-state index contributed by atoms with van der Waals surface area (Å²) >= 11 is 0. The second-order valence-corrected chi connectivity index (χ2v) is 5.11. The average Bonchev–Trinajstić information content (AvgIpc) is 2.46. The Balaban J connectivity index is 3.13. The number of hydrogen-bond donors (Lipinski definition) is 6. The third-order valence-corrected chi connectivity index (χ3v) is 3.35. The lowest BCUT2D eigenvalue weighted by Crippen LogP contribution is -2.34. The van der Waals surface area contributed by atoms with Gasteiger partial charge in [-0.3, -0.25) is 14.4 Å². The van der Waals surface area contributed by atoms with Crippen LogP contribution in [0.4, 0.5) is 0 Å². The van der Waals surface area contributed by atoms with Crippen molar-refractivity contribution in [2.24, 2.45) is 11.5 Å². The number of phenols is 1. The van der Waals surface area contributed by atoms with Gasteiger partial charge < -0.3 is 31.9 Å². The molecule has 126 valence electrons. The highest BCUT2D eigenvalue weighted by molar-refractivity contribution is 5.80. The van der Waals surface area contributed by atoms with Crippen LogP contribution in [0.5, 0.6) is 5.75 Å². The maximum atomic E-state index is 11.4. The molecular weight excluding hydrogens is 308 g/mol. The fourth-order valence-electron chi connectivity index (χ4n) is 2.07. The SMILES string of the molecule is NC(Cc1ccc(O)c(C(CC(N)C(=O)O)C(=O)O)c1)C(=O)O. The molecule has 0 saturated heterocycles. The molecular formula is C14H18N2O7. The minimum absolute atomic E-state index is 0.0377. The topological polar surface area (TPSA) is 184 Å². The zero-order valence-electron chi connectivity index (χ0n) is 12.0. The van der Waals surface area contributed by atoms with E-state index in [0.29, 0.717) is 5.56 Å². The van der Waals surface area contributed by atoms with Crippen molar-refractivity contribution in [1.82, 2.24) is 0 Å². The zero-order valence-corrected chi connectivity index (χ0v) is 12.0. The van der Waals surface area contributed by atoms with E-state index in [1.807, 2.05) is 0 Å². The quantitative estimate of drug-likeness (QED) is 0.360. The van der Waals surface area contributed by atoms with E-state index in [1.54, 1.807) is 0 Å². The number of carboxylic acids is 3. The Labute approximate surface area is 131 Å². The van der Waals surface area contributed by atoms with Crippen molar-refractivity contribution >= 4 is 17.9 Å². The van der Waals surface area contributed by atoms with E-state index in [9.17, 15) is 24.6 Å². The van der Waals surface area contributed by atoms with Crippen molar-refractivity contribution < 1.29 is 34.8 Å². The predicted octanol–water partition coefficient (Wildman–Crippen LogP) is -0.683. The fraction of sp³-hybridized carbons (Fsp3) is 0.357. The molecule has 1 aromatic carbocycles. The first kappa shape index (κ1) is 18.4. The van der Waals surface area contributed by atoms with E-state index in [-0.39, 0.29) is 17.7 Å². The third kappa shape index (κ3) is 4.94. The molecule has 0 fully saturated rings. The maximum Gasteiger partial charge on any atom is 0.320 e. The molecule has 3 atom stereocenters. The average molecular weight is 326 g/mol. The molecule has 0 aliphatic heterocycles. The number of aromatic hydroxyl groups is 1. The van der Waals surface area contributed by atoms with E-state index < -0.39 is 42.3 Å². The molecule has 0 amide bonds. The lowest BCUT2D eigenvalue weighted by Gasteiger charge is -2.18. The number of carbonyl (C=O) groups is 3. The Morgan fingerprint density at radius 2 is 1.52 bits per heavy atom. The van der Waals surface area contributed by atoms with Crippen molar-refractivity contribution in [1.29, 1.82) is 0 Å². The van der Waals surface area contributed by atoms with Crippen molar-refractivity contribution in [3.05, 3.63) is 29.3 Å². The van der Waals surface area contributed by atoms with Crippen molar-refractivity contribution in [3.63, 3.8) is 0 Å². The molecule has 0 aliphatic rings. The molecule has 0 saturated carbocycles. The second-order valence-electron chi connectivity index (χ2n) is 5.11. The first-order chi connectivity index (χ1) is 10.6. The van der Waals surface area contributed by atoms with Crippen LogP contribution in [0.2, 0.25) is 0 Å². The standard InChI is InChI=1S/C14H18N2O7/c15-9(13(20)21)4-6-1-2-11(17)7(3-6)8(12(18)19)5-10(16)14(22)23/h1-3,8-10,17H,4-5,15-16H2,(H,18,19)(H,20,21)(H,22,23). The van der Waals surface area contributed by atoms with Gasteiger partial charge in [-0.2, -0.15) is 0 Å². The van der Waals surface area contributed by atoms with Gasteiger partial charge in [0.2, 0.25) is 0 Å². The molecule has 1 aromatic rings. The smallest absolute Gasteiger partial charge is 0.320 e. The minimum atomic E-state index is -1.42. The van der Waals surface area contributed by atoms with Gasteiger partial charge in [0.25, 0.3) is 0 Å². The summed E-state index contributed by atoms with van der Waals surface area (Å²) in [5, 5.41) is 36.7. The Morgan fingerprint density at radius 1 is 0.957 bits per heavy atom. The summed E-state index contributed by atoms with van der Waals surface area (Å²) in [6, 6.07) is 1.32. The zero-order chi connectivity index (χ0) is 17.7. The summed E-state index contributed by atoms with van der Waals surface area (Å²) in [5.74, 6) is -5.62. The summed E-state index contributed by atoms with van der Waals surface area (Å²) in [6.45, 7) is 0. The number of carboxylic acid groups (broad SMARTS) is 3. The summed E-state index contributed by atoms with van der Waals surface area (Å²) < 4.78 is 0. The van der Waals surface area contributed by atoms with Crippen molar-refractivity contribution in [3.8, 4) is 5.75 Å². The molecule has 0 spiro atoms. The van der Waals surface area contributed by atoms with Gasteiger partial charge in [-0.05, 0) is 24.5 Å². The Bertz CT molecular complexity index is 617. The summed E-state index contributed by atoms with van der Waals surface area (Å²) in [4.78, 5) is 32.9. The van der Waals surface area contributed by atoms with Crippen molar-refractivity contribution in [2.45, 2.75) is 30.8 Å². The van der Waals surface area contributed by atoms with Gasteiger partial charge in [0.1, 0.15) is 17.8 Å². The van der Waals surface area contributed by atoms with Crippen LogP contribution in [0.3, 0.4) is 0 Å². The number of nitrogens with two attached hydrogens (primary N) is 2. The van der Waals surface area contributed by atoms with Gasteiger partial charge in [0, 0.05) is 5.56 Å². The van der Waals surface area contributed by atoms with E-state index in [1.165, 1.54) is 18.2 Å². The normalized spacial score (nSPS) is 14.7. The van der Waals surface area contributed by atoms with Crippen LogP contribution in [0.1, 0.15) is 23.5 Å². The Hall–Kier alpha value is -2.65. The largest absolute Gasteiger partial charge is 0.508 e. The maximum absolute atomic E-state index is 11.4. The van der Waals surface area contributed by atoms with Crippen LogP contribution in [-0.4, -0.2) is 50.4 Å². The van der Waals surface area contributed by atoms with Crippen LogP contribution in [0.15, 0.2) is 18.2 Å². The highest BCUT2D eigenvalue weighted by Crippen LogP contribution is 2.30. The first-order valence-electron chi connectivity index (χ1n) is 6.64. The van der Waals surface area contributed by atoms with E-state index in [4.69, 9.17) is 21.7 Å². The Morgan fingerprint density at radius 3 is 2.00 bits per heavy atom. The van der Waals surface area contributed by atoms with Gasteiger partial charge in [-0.15, -0.1) is 0 Å². The van der Waals surface area contributed by atoms with E-state index >= 15 is 0 Å². The van der Waals surface area contributed by atoms with E-state index in [2.05, 4.69) is 0 Å². The summed E-state index contributed by atoms with van der Waals surface area (Å²) in [6.07, 6.45) is -0.493. The number of hydrogen-bond acceptors (Lipinski definition) is 6. The number of phenolic OH excluding ortho intramolecular Hbond substituents is 1. The predicted molar refractivity (Wildman–Crippen MR) is 78.0 cm³/mol. The molecule has 9 nitrogen and oxygen atoms in total. The molecule has 0 aromatic heterocycles. The van der Waals surface area contributed by atoms with Crippen LogP contribution < -0.4 is 11.5 Å². The molecule has 0 aliphatic carbocycles. The molecule has 3 unspecified atom stereocenters. The van der Waals surface area contributed by atoms with E-state index in [0.717, 1.165) is 0 Å². The monoisotopic (exact) mass is 326 g/mol. The Kier molecular flexibility index (Phi) is 6.05. The molecule has 0 bridgehead atoms. The van der Waals surface area contributed by atoms with Crippen LogP contribution >= 0.6 is 0 Å². The van der Waals surface area contributed by atoms with Gasteiger partial charge in [0.15, 0.2) is 0 Å². The number of benzene rings is 1. The van der Waals surface area contributed by atoms with Crippen LogP contribution in [-0.2, 0) is 20.8 Å². The lowest BCUT2D eigenvalue weighted by molar-refractivity contribution is -0.141.